The molecule has 18 atom stereocenters. The normalized spacial score (nSPS) is 39.4. The van der Waals surface area contributed by atoms with Crippen LogP contribution in [0.25, 0.3) is 0 Å². The number of aryl methyl sites for hydroxylation is 1. The van der Waals surface area contributed by atoms with Crippen LogP contribution in [0.3, 0.4) is 0 Å². The first-order chi connectivity index (χ1) is 33.4. The molecule has 406 valence electrons. The van der Waals surface area contributed by atoms with Gasteiger partial charge in [-0.05, 0) is 123 Å². The Labute approximate surface area is 428 Å². The van der Waals surface area contributed by atoms with E-state index in [1.165, 1.54) is 18.9 Å². The Morgan fingerprint density at radius 1 is 0.972 bits per heavy atom. The molecule has 0 radical (unpaired) electrons. The minimum absolute atomic E-state index is 0.162. The Morgan fingerprint density at radius 2 is 1.66 bits per heavy atom. The Kier molecular flexibility index (Phi) is 21.6. The van der Waals surface area contributed by atoms with Crippen LogP contribution in [-0.4, -0.2) is 187 Å². The van der Waals surface area contributed by atoms with Gasteiger partial charge >= 0.3 is 5.97 Å². The number of cyclic esters (lactones) is 1. The first-order valence-electron chi connectivity index (χ1n) is 26.2. The first-order valence-corrected chi connectivity index (χ1v) is 27.2. The second-order valence-corrected chi connectivity index (χ2v) is 23.2. The fourth-order valence-corrected chi connectivity index (χ4v) is 12.3. The summed E-state index contributed by atoms with van der Waals surface area (Å²) in [4.78, 5) is 19.9. The van der Waals surface area contributed by atoms with Crippen molar-refractivity contribution in [1.82, 2.24) is 24.8 Å². The third-order valence-corrected chi connectivity index (χ3v) is 17.1. The molecule has 1 aromatic carbocycles. The van der Waals surface area contributed by atoms with Crippen molar-refractivity contribution in [2.75, 3.05) is 46.7 Å². The number of rotatable bonds is 17. The molecule has 3 fully saturated rings. The average Bonchev–Trinajstić information content (AvgIpc) is 3.78. The van der Waals surface area contributed by atoms with Crippen molar-refractivity contribution >= 4 is 17.7 Å². The summed E-state index contributed by atoms with van der Waals surface area (Å²) in [6.45, 7) is 22.4. The largest absolute Gasteiger partial charge is 0.494 e. The lowest BCUT2D eigenvalue weighted by Crippen LogP contribution is -2.62. The molecule has 2 aromatic rings. The van der Waals surface area contributed by atoms with E-state index in [4.69, 9.17) is 28.4 Å². The highest BCUT2D eigenvalue weighted by Gasteiger charge is 2.55. The van der Waals surface area contributed by atoms with Crippen molar-refractivity contribution in [3.8, 4) is 5.75 Å². The molecule has 5 rings (SSSR count). The number of nitrogens with zero attached hydrogens (tertiary/aromatic N) is 5. The summed E-state index contributed by atoms with van der Waals surface area (Å²) in [5, 5.41) is 68.9. The molecule has 18 heteroatoms. The fourth-order valence-electron chi connectivity index (χ4n) is 11.5. The molecule has 3 aliphatic rings. The van der Waals surface area contributed by atoms with Gasteiger partial charge in [0.1, 0.15) is 35.8 Å². The number of benzene rings is 1. The second-order valence-electron chi connectivity index (χ2n) is 22.0. The van der Waals surface area contributed by atoms with E-state index in [9.17, 15) is 30.3 Å². The molecule has 1 unspecified atom stereocenters. The van der Waals surface area contributed by atoms with Gasteiger partial charge in [-0.3, -0.25) is 9.48 Å². The average molecular weight is 1020 g/mol. The highest BCUT2D eigenvalue weighted by atomic mass is 32.2. The maximum Gasteiger partial charge on any atom is 0.309 e. The van der Waals surface area contributed by atoms with Gasteiger partial charge in [0.2, 0.25) is 0 Å². The number of esters is 1. The molecule has 0 aliphatic carbocycles. The third-order valence-electron chi connectivity index (χ3n) is 15.9. The molecule has 5 N–H and O–H groups in total. The predicted molar refractivity (Wildman–Crippen MR) is 273 cm³/mol. The number of thioether (sulfide) groups is 1. The molecule has 0 saturated carbocycles. The lowest BCUT2D eigenvalue weighted by molar-refractivity contribution is -0.302. The van der Waals surface area contributed by atoms with Gasteiger partial charge in [0.25, 0.3) is 0 Å². The van der Waals surface area contributed by atoms with Gasteiger partial charge in [-0.1, -0.05) is 39.8 Å². The van der Waals surface area contributed by atoms with Gasteiger partial charge in [-0.15, -0.1) is 16.9 Å². The van der Waals surface area contributed by atoms with Crippen LogP contribution in [0.2, 0.25) is 0 Å². The van der Waals surface area contributed by atoms with Gasteiger partial charge in [0, 0.05) is 75.1 Å². The van der Waals surface area contributed by atoms with Crippen molar-refractivity contribution in [3.63, 3.8) is 0 Å². The van der Waals surface area contributed by atoms with Gasteiger partial charge in [0.15, 0.2) is 6.29 Å². The van der Waals surface area contributed by atoms with E-state index < -0.39 is 95.6 Å². The summed E-state index contributed by atoms with van der Waals surface area (Å²) in [6.07, 6.45) is -2.74. The Bertz CT molecular complexity index is 1930. The van der Waals surface area contributed by atoms with Crippen LogP contribution in [0.15, 0.2) is 35.4 Å². The van der Waals surface area contributed by atoms with E-state index in [-0.39, 0.29) is 37.3 Å². The van der Waals surface area contributed by atoms with Crippen LogP contribution in [0, 0.1) is 23.7 Å². The standard InChI is InChI=1S/C53H91N5O12S/c1-15-26-71-40-20-18-39(19-21-40)66-25-17-23-58-31-38(54-55-58)22-24-56(12)41-27-33(4)67-50(45(41)59)70-48-34(5)44(42-29-52(10,65-14)47(61)37(8)68-42)35(6)49(62)69-43(16-2)53(11,64)46(60)36(7)57(13)30-32(3)28-51(48,9)63/h18-21,31-37,41-48,50,59-61,63-64H,15-17,22-30H2,1-14H3/t32-,33-,34+,35-,36-,37+,41+,42?,43-,44+,45-,46-,47+,48-,50+,51-,52-,53-/m1/s1. The molecule has 3 saturated heterocycles. The molecular formula is C53H91N5O12S. The Balaban J connectivity index is 1.37. The molecule has 3 aliphatic heterocycles. The smallest absolute Gasteiger partial charge is 0.309 e. The van der Waals surface area contributed by atoms with Crippen molar-refractivity contribution in [2.45, 2.75) is 217 Å². The number of aromatic nitrogens is 3. The van der Waals surface area contributed by atoms with Crippen LogP contribution in [0.4, 0.5) is 0 Å². The summed E-state index contributed by atoms with van der Waals surface area (Å²) in [7, 11) is 5.36. The summed E-state index contributed by atoms with van der Waals surface area (Å²) in [5.74, 6) is -1.14. The van der Waals surface area contributed by atoms with Crippen molar-refractivity contribution in [2.24, 2.45) is 23.7 Å². The van der Waals surface area contributed by atoms with Gasteiger partial charge in [-0.25, -0.2) is 0 Å². The van der Waals surface area contributed by atoms with E-state index in [0.717, 1.165) is 30.0 Å². The van der Waals surface area contributed by atoms with Crippen molar-refractivity contribution in [3.05, 3.63) is 36.2 Å². The number of carbonyl (C=O) groups is 1. The zero-order valence-corrected chi connectivity index (χ0v) is 46.1. The quantitative estimate of drug-likeness (QED) is 0.0768. The maximum atomic E-state index is 14.6. The number of carbonyl (C=O) groups excluding carboxylic acids is 1. The number of ether oxygens (including phenoxy) is 6. The number of hydrogen-bond acceptors (Lipinski definition) is 17. The number of hydrogen-bond donors (Lipinski definition) is 5. The van der Waals surface area contributed by atoms with Crippen LogP contribution < -0.4 is 4.74 Å². The summed E-state index contributed by atoms with van der Waals surface area (Å²) in [6, 6.07) is 7.28. The highest BCUT2D eigenvalue weighted by molar-refractivity contribution is 7.99. The molecule has 4 heterocycles. The van der Waals surface area contributed by atoms with Crippen LogP contribution in [0.1, 0.15) is 120 Å². The zero-order valence-electron chi connectivity index (χ0n) is 45.3. The topological polar surface area (TPSA) is 211 Å². The molecule has 0 bridgehead atoms. The zero-order chi connectivity index (χ0) is 52.6. The number of methoxy groups -OCH3 is 1. The van der Waals surface area contributed by atoms with Crippen LogP contribution in [-0.2, 0) is 41.4 Å². The Morgan fingerprint density at radius 3 is 2.31 bits per heavy atom. The fraction of sp³-hybridized carbons (Fsp3) is 0.830. The van der Waals surface area contributed by atoms with Crippen molar-refractivity contribution < 1.29 is 58.7 Å². The van der Waals surface area contributed by atoms with Gasteiger partial charge in [-0.2, -0.15) is 0 Å². The second kappa shape index (κ2) is 25.9. The van der Waals surface area contributed by atoms with Gasteiger partial charge < -0.3 is 63.8 Å². The SMILES string of the molecule is CCCSc1ccc(OCCCn2cc(CCN(C)[C@H]3C[C@@H](C)O[C@@H](O[C@@H]4[C@@H](C)[C@H](C5C[C@@](C)(OC)[C@@H](O)[C@H](C)O5)[C@@H](C)C(=O)O[C@H](CC)[C@@](C)(O)[C@H](O)[C@@H](C)N(C)C[C@H](C)C[C@@]4(C)O)[C@@H]3O)nn2)cc1. The van der Waals surface area contributed by atoms with Crippen LogP contribution >= 0.6 is 11.8 Å². The lowest BCUT2D eigenvalue weighted by Gasteiger charge is -2.51. The van der Waals surface area contributed by atoms with E-state index >= 15 is 0 Å². The molecular weight excluding hydrogens is 931 g/mol. The van der Waals surface area contributed by atoms with E-state index in [2.05, 4.69) is 34.3 Å². The molecule has 71 heavy (non-hydrogen) atoms. The summed E-state index contributed by atoms with van der Waals surface area (Å²) >= 11 is 1.84. The van der Waals surface area contributed by atoms with Crippen molar-refractivity contribution in [1.29, 1.82) is 0 Å². The number of aliphatic hydroxyl groups is 5. The number of aliphatic hydroxyl groups excluding tert-OH is 3. The highest BCUT2D eigenvalue weighted by Crippen LogP contribution is 2.45. The Hall–Kier alpha value is -2.46. The van der Waals surface area contributed by atoms with E-state index in [1.807, 2.05) is 88.4 Å². The monoisotopic (exact) mass is 1020 g/mol. The molecule has 0 spiro atoms. The number of likely N-dealkylation sites (N-methyl/N-ethyl adjacent to an activating group) is 2. The minimum atomic E-state index is -1.81. The van der Waals surface area contributed by atoms with E-state index in [1.54, 1.807) is 27.7 Å². The molecule has 0 amide bonds. The minimum Gasteiger partial charge on any atom is -0.494 e. The van der Waals surface area contributed by atoms with E-state index in [0.29, 0.717) is 39.1 Å². The first kappa shape index (κ1) is 59.4. The summed E-state index contributed by atoms with van der Waals surface area (Å²) < 4.78 is 40.0. The molecule has 1 aromatic heterocycles. The van der Waals surface area contributed by atoms with Gasteiger partial charge in [0.05, 0.1) is 53.8 Å². The third kappa shape index (κ3) is 14.9. The lowest BCUT2D eigenvalue weighted by atomic mass is 9.68. The predicted octanol–water partition coefficient (Wildman–Crippen LogP) is 5.35. The summed E-state index contributed by atoms with van der Waals surface area (Å²) in [5.41, 5.74) is -3.60. The maximum absolute atomic E-state index is 14.6. The molecule has 17 nitrogen and oxygen atoms in total. The van der Waals surface area contributed by atoms with Crippen LogP contribution in [0.5, 0.6) is 5.75 Å².